The van der Waals surface area contributed by atoms with E-state index in [4.69, 9.17) is 0 Å². The number of nitrogens with zero attached hydrogens (tertiary/aromatic N) is 1. The van der Waals surface area contributed by atoms with Crippen LogP contribution in [0.1, 0.15) is 5.56 Å². The fraction of sp³-hybridized carbons (Fsp3) is 0. The van der Waals surface area contributed by atoms with Gasteiger partial charge in [-0.15, -0.1) is 23.8 Å². The van der Waals surface area contributed by atoms with Crippen LogP contribution in [0.15, 0.2) is 91.8 Å². The van der Waals surface area contributed by atoms with Crippen LogP contribution in [-0.4, -0.2) is 4.98 Å². The van der Waals surface area contributed by atoms with Gasteiger partial charge < -0.3 is 30.3 Å². The summed E-state index contributed by atoms with van der Waals surface area (Å²) in [6.07, 6.45) is 5.33. The molecule has 1 aromatic heterocycles. The SMILES string of the molecule is C=C[c-]1cccc1.[Fe].[cH-]1[cH-][cH-][cH-][cH-]1.c1ccncc1. The summed E-state index contributed by atoms with van der Waals surface area (Å²) < 4.78 is 0. The third-order valence-electron chi connectivity index (χ3n) is 2.05. The molecule has 1 nitrogen and oxygen atoms in total. The van der Waals surface area contributed by atoms with E-state index in [1.807, 2.05) is 78.9 Å². The van der Waals surface area contributed by atoms with E-state index in [9.17, 15) is 0 Å². The number of hydrogen-bond donors (Lipinski definition) is 0. The molecule has 3 rings (SSSR count). The van der Waals surface area contributed by atoms with Crippen LogP contribution >= 0.6 is 0 Å². The van der Waals surface area contributed by atoms with Crippen LogP contribution in [0, 0.1) is 0 Å². The Kier molecular flexibility index (Phi) is 11.3. The van der Waals surface area contributed by atoms with E-state index in [-0.39, 0.29) is 17.1 Å². The Hall–Kier alpha value is -1.89. The van der Waals surface area contributed by atoms with Crippen molar-refractivity contribution >= 4 is 6.08 Å². The molecule has 0 aliphatic carbocycles. The van der Waals surface area contributed by atoms with Crippen molar-refractivity contribution in [1.29, 1.82) is 0 Å². The van der Waals surface area contributed by atoms with Crippen molar-refractivity contribution in [3.05, 3.63) is 97.3 Å². The minimum atomic E-state index is 0. The van der Waals surface area contributed by atoms with Gasteiger partial charge in [0, 0.05) is 29.5 Å². The molecule has 0 atom stereocenters. The van der Waals surface area contributed by atoms with Crippen molar-refractivity contribution in [1.82, 2.24) is 4.98 Å². The molecule has 1 heterocycles. The van der Waals surface area contributed by atoms with Crippen molar-refractivity contribution in [2.75, 3.05) is 0 Å². The summed E-state index contributed by atoms with van der Waals surface area (Å²) in [7, 11) is 0. The Bertz CT molecular complexity index is 425. The molecular formula is C17H17FeN-6. The van der Waals surface area contributed by atoms with Crippen LogP contribution in [0.3, 0.4) is 0 Å². The van der Waals surface area contributed by atoms with Gasteiger partial charge in [-0.2, -0.15) is 18.7 Å². The molecule has 0 fully saturated rings. The molecule has 0 bridgehead atoms. The van der Waals surface area contributed by atoms with E-state index >= 15 is 0 Å². The van der Waals surface area contributed by atoms with Gasteiger partial charge in [0.15, 0.2) is 0 Å². The summed E-state index contributed by atoms with van der Waals surface area (Å²) in [5, 5.41) is 0. The number of hydrogen-bond acceptors (Lipinski definition) is 1. The smallest absolute Gasteiger partial charge is 0.0267 e. The van der Waals surface area contributed by atoms with E-state index in [1.54, 1.807) is 12.4 Å². The normalized spacial score (nSPS) is 7.79. The molecule has 0 spiro atoms. The maximum absolute atomic E-state index is 3.78. The molecule has 0 saturated carbocycles. The van der Waals surface area contributed by atoms with Crippen molar-refractivity contribution in [2.24, 2.45) is 0 Å². The number of aromatic nitrogens is 1. The number of rotatable bonds is 1. The van der Waals surface area contributed by atoms with Gasteiger partial charge in [-0.25, -0.2) is 0 Å². The van der Waals surface area contributed by atoms with E-state index in [0.717, 1.165) is 0 Å². The third-order valence-corrected chi connectivity index (χ3v) is 2.05. The first-order valence-electron chi connectivity index (χ1n) is 5.79. The van der Waals surface area contributed by atoms with E-state index in [0.29, 0.717) is 0 Å². The van der Waals surface area contributed by atoms with Crippen LogP contribution in [0.4, 0.5) is 0 Å². The fourth-order valence-corrected chi connectivity index (χ4v) is 1.16. The first-order chi connectivity index (χ1) is 8.93. The van der Waals surface area contributed by atoms with Crippen molar-refractivity contribution in [2.45, 2.75) is 0 Å². The van der Waals surface area contributed by atoms with E-state index in [2.05, 4.69) is 11.6 Å². The summed E-state index contributed by atoms with van der Waals surface area (Å²) in [6, 6.07) is 23.8. The summed E-state index contributed by atoms with van der Waals surface area (Å²) >= 11 is 0. The second kappa shape index (κ2) is 12.6. The van der Waals surface area contributed by atoms with Gasteiger partial charge in [0.05, 0.1) is 0 Å². The monoisotopic (exact) mass is 291 g/mol. The summed E-state index contributed by atoms with van der Waals surface area (Å²) in [4.78, 5) is 3.78. The minimum absolute atomic E-state index is 0. The van der Waals surface area contributed by atoms with Crippen LogP contribution in [0.25, 0.3) is 6.08 Å². The zero-order valence-corrected chi connectivity index (χ0v) is 11.8. The fourth-order valence-electron chi connectivity index (χ4n) is 1.16. The third kappa shape index (κ3) is 9.78. The average molecular weight is 291 g/mol. The van der Waals surface area contributed by atoms with Crippen LogP contribution in [0.5, 0.6) is 0 Å². The van der Waals surface area contributed by atoms with Gasteiger partial charge in [-0.3, -0.25) is 4.98 Å². The first-order valence-corrected chi connectivity index (χ1v) is 5.79. The summed E-state index contributed by atoms with van der Waals surface area (Å²) in [6.45, 7) is 3.60. The molecule has 0 unspecified atom stereocenters. The topological polar surface area (TPSA) is 12.9 Å². The molecule has 0 amide bonds. The Morgan fingerprint density at radius 3 is 1.47 bits per heavy atom. The van der Waals surface area contributed by atoms with Crippen molar-refractivity contribution in [3.8, 4) is 0 Å². The van der Waals surface area contributed by atoms with Gasteiger partial charge in [0.25, 0.3) is 0 Å². The maximum atomic E-state index is 3.78. The van der Waals surface area contributed by atoms with Gasteiger partial charge in [0.1, 0.15) is 0 Å². The summed E-state index contributed by atoms with van der Waals surface area (Å²) in [5.41, 5.74) is 1.19. The molecule has 2 heteroatoms. The molecule has 2 aromatic carbocycles. The van der Waals surface area contributed by atoms with E-state index < -0.39 is 0 Å². The van der Waals surface area contributed by atoms with Gasteiger partial charge in [0.2, 0.25) is 0 Å². The number of pyridine rings is 1. The zero-order chi connectivity index (χ0) is 12.9. The standard InChI is InChI=1S/C7H7.C5H5N.C5H5.Fe/c1-2-7-5-3-4-6-7;1-2-4-6-5-3-1;1-2-4-5-3-1;/h2-6H,1H2;1-5H;1-5H;/q-1;;-5;. The van der Waals surface area contributed by atoms with Gasteiger partial charge in [-0.1, -0.05) is 6.07 Å². The quantitative estimate of drug-likeness (QED) is 0.474. The largest absolute Gasteiger partial charge is 0.748 e. The average Bonchev–Trinajstić information content (AvgIpc) is 3.17. The Balaban J connectivity index is 0.000000252. The first kappa shape index (κ1) is 17.1. The molecule has 0 N–H and O–H groups in total. The van der Waals surface area contributed by atoms with E-state index in [1.165, 1.54) is 5.56 Å². The van der Waals surface area contributed by atoms with Gasteiger partial charge in [-0.05, 0) is 12.1 Å². The molecule has 0 aliphatic heterocycles. The maximum Gasteiger partial charge on any atom is 0.0267 e. The second-order valence-electron chi connectivity index (χ2n) is 3.41. The van der Waals surface area contributed by atoms with Crippen molar-refractivity contribution in [3.63, 3.8) is 0 Å². The molecule has 0 saturated heterocycles. The van der Waals surface area contributed by atoms with Gasteiger partial charge >= 0.3 is 0 Å². The Morgan fingerprint density at radius 2 is 1.26 bits per heavy atom. The van der Waals surface area contributed by atoms with Crippen LogP contribution in [-0.2, 0) is 17.1 Å². The summed E-state index contributed by atoms with van der Waals surface area (Å²) in [5.74, 6) is 0. The van der Waals surface area contributed by atoms with Crippen molar-refractivity contribution < 1.29 is 17.1 Å². The molecule has 0 aliphatic rings. The molecule has 19 heavy (non-hydrogen) atoms. The molecular weight excluding hydrogens is 274 g/mol. The molecule has 104 valence electrons. The molecule has 0 radical (unpaired) electrons. The van der Waals surface area contributed by atoms with Crippen LogP contribution < -0.4 is 0 Å². The second-order valence-corrected chi connectivity index (χ2v) is 3.41. The predicted octanol–water partition coefficient (Wildman–Crippen LogP) is 4.53. The zero-order valence-electron chi connectivity index (χ0n) is 10.7. The Morgan fingerprint density at radius 1 is 0.789 bits per heavy atom. The van der Waals surface area contributed by atoms with Crippen LogP contribution in [0.2, 0.25) is 0 Å². The Labute approximate surface area is 125 Å². The minimum Gasteiger partial charge on any atom is -0.748 e. The predicted molar refractivity (Wildman–Crippen MR) is 78.4 cm³/mol. The molecule has 3 aromatic rings.